The van der Waals surface area contributed by atoms with Gasteiger partial charge < -0.3 is 0 Å². The Labute approximate surface area is 129 Å². The molecule has 20 heavy (non-hydrogen) atoms. The van der Waals surface area contributed by atoms with Crippen molar-refractivity contribution in [1.82, 2.24) is 0 Å². The van der Waals surface area contributed by atoms with Gasteiger partial charge in [-0.25, -0.2) is 0 Å². The molecule has 0 saturated heterocycles. The molecule has 2 atom stereocenters. The molecule has 0 amide bonds. The minimum Gasteiger partial charge on any atom is -0.293 e. The number of thiophene rings is 1. The van der Waals surface area contributed by atoms with E-state index in [4.69, 9.17) is 11.6 Å². The first-order chi connectivity index (χ1) is 9.32. The Morgan fingerprint density at radius 3 is 2.30 bits per heavy atom. The van der Waals surface area contributed by atoms with Crippen LogP contribution in [0.5, 0.6) is 0 Å². The summed E-state index contributed by atoms with van der Waals surface area (Å²) in [6.45, 7) is 4.83. The third-order valence-electron chi connectivity index (χ3n) is 5.90. The Morgan fingerprint density at radius 1 is 1.15 bits per heavy atom. The smallest absolute Gasteiger partial charge is 0.179 e. The minimum atomic E-state index is -0.0862. The first-order valence-corrected chi connectivity index (χ1v) is 8.81. The molecule has 1 heterocycles. The average Bonchev–Trinajstić information content (AvgIpc) is 2.69. The van der Waals surface area contributed by atoms with Gasteiger partial charge in [0, 0.05) is 5.41 Å². The largest absolute Gasteiger partial charge is 0.293 e. The molecule has 3 heteroatoms. The number of ketones is 1. The van der Waals surface area contributed by atoms with E-state index in [2.05, 4.69) is 13.8 Å². The number of Topliss-reactive ketones (excluding diaryl/α,β-unsaturated/α-hetero) is 1. The molecule has 4 bridgehead atoms. The van der Waals surface area contributed by atoms with Crippen LogP contribution in [0.25, 0.3) is 0 Å². The lowest BCUT2D eigenvalue weighted by molar-refractivity contribution is -0.125. The van der Waals surface area contributed by atoms with Gasteiger partial charge in [-0.05, 0) is 67.4 Å². The van der Waals surface area contributed by atoms with Gasteiger partial charge in [-0.2, -0.15) is 0 Å². The van der Waals surface area contributed by atoms with Crippen LogP contribution in [-0.2, 0) is 0 Å². The fourth-order valence-electron chi connectivity index (χ4n) is 6.40. The highest BCUT2D eigenvalue weighted by atomic mass is 35.5. The van der Waals surface area contributed by atoms with Crippen molar-refractivity contribution in [2.45, 2.75) is 52.4 Å². The van der Waals surface area contributed by atoms with Crippen LogP contribution in [0.1, 0.15) is 62.0 Å². The maximum atomic E-state index is 13.1. The molecule has 1 nitrogen and oxygen atoms in total. The van der Waals surface area contributed by atoms with Crippen LogP contribution < -0.4 is 0 Å². The zero-order valence-electron chi connectivity index (χ0n) is 12.2. The molecule has 108 valence electrons. The Morgan fingerprint density at radius 2 is 1.80 bits per heavy atom. The van der Waals surface area contributed by atoms with Crippen molar-refractivity contribution in [1.29, 1.82) is 0 Å². The molecule has 0 radical (unpaired) electrons. The Balaban J connectivity index is 1.75. The molecule has 4 aliphatic carbocycles. The lowest BCUT2D eigenvalue weighted by Gasteiger charge is -2.64. The van der Waals surface area contributed by atoms with Gasteiger partial charge in [0.15, 0.2) is 5.78 Å². The van der Waals surface area contributed by atoms with Crippen molar-refractivity contribution in [3.8, 4) is 0 Å². The van der Waals surface area contributed by atoms with Crippen LogP contribution in [0.4, 0.5) is 0 Å². The van der Waals surface area contributed by atoms with Crippen molar-refractivity contribution in [3.05, 3.63) is 21.3 Å². The maximum Gasteiger partial charge on any atom is 0.179 e. The fraction of sp³-hybridized carbons (Fsp3) is 0.706. The Hall–Kier alpha value is -0.340. The van der Waals surface area contributed by atoms with Crippen LogP contribution in [0.2, 0.25) is 4.34 Å². The maximum absolute atomic E-state index is 13.1. The van der Waals surface area contributed by atoms with E-state index >= 15 is 0 Å². The van der Waals surface area contributed by atoms with Crippen molar-refractivity contribution in [2.75, 3.05) is 0 Å². The summed E-state index contributed by atoms with van der Waals surface area (Å²) in [6.07, 6.45) is 7.30. The molecule has 4 aliphatic rings. The summed E-state index contributed by atoms with van der Waals surface area (Å²) in [6, 6.07) is 3.79. The highest BCUT2D eigenvalue weighted by Gasteiger charge is 2.62. The second-order valence-corrected chi connectivity index (χ2v) is 10.1. The van der Waals surface area contributed by atoms with Gasteiger partial charge in [-0.1, -0.05) is 25.4 Å². The van der Waals surface area contributed by atoms with Gasteiger partial charge in [-0.3, -0.25) is 4.79 Å². The molecule has 5 rings (SSSR count). The van der Waals surface area contributed by atoms with Crippen molar-refractivity contribution < 1.29 is 4.79 Å². The number of hydrogen-bond acceptors (Lipinski definition) is 2. The molecule has 2 unspecified atom stereocenters. The molecule has 0 N–H and O–H groups in total. The SMILES string of the molecule is CC12CC3CC(C)(C1)CC(C(=O)c1ccc(Cl)s1)(C3)C2. The third-order valence-corrected chi connectivity index (χ3v) is 7.13. The van der Waals surface area contributed by atoms with Gasteiger partial charge in [0.05, 0.1) is 9.21 Å². The van der Waals surface area contributed by atoms with Gasteiger partial charge >= 0.3 is 0 Å². The normalized spacial score (nSPS) is 45.9. The number of carbonyl (C=O) groups excluding carboxylic acids is 1. The Bertz CT molecular complexity index is 572. The number of hydrogen-bond donors (Lipinski definition) is 0. The summed E-state index contributed by atoms with van der Waals surface area (Å²) < 4.78 is 0.732. The van der Waals surface area contributed by atoms with Gasteiger partial charge in [0.1, 0.15) is 0 Å². The molecule has 0 aromatic carbocycles. The van der Waals surface area contributed by atoms with Crippen LogP contribution in [0, 0.1) is 22.2 Å². The fourth-order valence-corrected chi connectivity index (χ4v) is 7.50. The van der Waals surface area contributed by atoms with E-state index in [0.29, 0.717) is 16.6 Å². The molecule has 4 saturated carbocycles. The van der Waals surface area contributed by atoms with E-state index in [9.17, 15) is 4.79 Å². The van der Waals surface area contributed by atoms with Crippen molar-refractivity contribution in [3.63, 3.8) is 0 Å². The first-order valence-electron chi connectivity index (χ1n) is 7.62. The van der Waals surface area contributed by atoms with Crippen LogP contribution in [-0.4, -0.2) is 5.78 Å². The number of halogens is 1. The van der Waals surface area contributed by atoms with E-state index in [-0.39, 0.29) is 5.41 Å². The number of carbonyl (C=O) groups is 1. The highest BCUT2D eigenvalue weighted by Crippen LogP contribution is 2.70. The predicted molar refractivity (Wildman–Crippen MR) is 83.5 cm³/mol. The van der Waals surface area contributed by atoms with E-state index in [1.54, 1.807) is 0 Å². The van der Waals surface area contributed by atoms with E-state index < -0.39 is 0 Å². The lowest BCUT2D eigenvalue weighted by Crippen LogP contribution is -2.57. The molecule has 1 aromatic heterocycles. The third kappa shape index (κ3) is 1.84. The molecule has 0 aliphatic heterocycles. The van der Waals surface area contributed by atoms with E-state index in [0.717, 1.165) is 34.4 Å². The monoisotopic (exact) mass is 308 g/mol. The molecular formula is C17H21ClOS. The minimum absolute atomic E-state index is 0.0862. The summed E-state index contributed by atoms with van der Waals surface area (Å²) in [5, 5.41) is 0. The van der Waals surface area contributed by atoms with Crippen LogP contribution in [0.3, 0.4) is 0 Å². The second kappa shape index (κ2) is 3.89. The molecule has 1 aromatic rings. The summed E-state index contributed by atoms with van der Waals surface area (Å²) in [5.41, 5.74) is 0.701. The predicted octanol–water partition coefficient (Wildman–Crippen LogP) is 5.58. The summed E-state index contributed by atoms with van der Waals surface area (Å²) in [5.74, 6) is 1.15. The van der Waals surface area contributed by atoms with Gasteiger partial charge in [0.2, 0.25) is 0 Å². The summed E-state index contributed by atoms with van der Waals surface area (Å²) in [7, 11) is 0. The standard InChI is InChI=1S/C17H21ClOS/c1-15-5-11-6-16(2,8-15)10-17(7-11,9-15)14(19)12-3-4-13(18)20-12/h3-4,11H,5-10H2,1-2H3. The zero-order chi connectivity index (χ0) is 14.2. The van der Waals surface area contributed by atoms with Crippen LogP contribution >= 0.6 is 22.9 Å². The Kier molecular flexibility index (Phi) is 2.60. The second-order valence-electron chi connectivity index (χ2n) is 8.34. The first kappa shape index (κ1) is 13.3. The average molecular weight is 309 g/mol. The lowest BCUT2D eigenvalue weighted by atomic mass is 9.39. The van der Waals surface area contributed by atoms with Crippen LogP contribution in [0.15, 0.2) is 12.1 Å². The van der Waals surface area contributed by atoms with E-state index in [1.165, 1.54) is 30.6 Å². The highest BCUT2D eigenvalue weighted by molar-refractivity contribution is 7.18. The zero-order valence-corrected chi connectivity index (χ0v) is 13.7. The van der Waals surface area contributed by atoms with Gasteiger partial charge in [0.25, 0.3) is 0 Å². The summed E-state index contributed by atoms with van der Waals surface area (Å²) in [4.78, 5) is 14.0. The molecular weight excluding hydrogens is 288 g/mol. The van der Waals surface area contributed by atoms with Crippen molar-refractivity contribution >= 4 is 28.7 Å². The summed E-state index contributed by atoms with van der Waals surface area (Å²) >= 11 is 7.49. The molecule has 0 spiro atoms. The van der Waals surface area contributed by atoms with Gasteiger partial charge in [-0.15, -0.1) is 11.3 Å². The number of rotatable bonds is 2. The van der Waals surface area contributed by atoms with Crippen molar-refractivity contribution in [2.24, 2.45) is 22.2 Å². The topological polar surface area (TPSA) is 17.1 Å². The molecule has 4 fully saturated rings. The quantitative estimate of drug-likeness (QED) is 0.652. The van der Waals surface area contributed by atoms with E-state index in [1.807, 2.05) is 12.1 Å².